The van der Waals surface area contributed by atoms with Crippen LogP contribution >= 0.6 is 0 Å². The van der Waals surface area contributed by atoms with Gasteiger partial charge in [0.1, 0.15) is 12.1 Å². The van der Waals surface area contributed by atoms with Gasteiger partial charge in [0, 0.05) is 0 Å². The standard InChI is InChI=1S/C17H15N5O4/c1-25-17(24)14-4-2-3-5-15(14)19-16(23)10-26-13-8-6-12(7-9-13)22-11-18-20-21-22/h2-9,11H,10H2,1H3,(H,19,23). The molecule has 0 spiro atoms. The lowest BCUT2D eigenvalue weighted by Gasteiger charge is -2.10. The fourth-order valence-corrected chi connectivity index (χ4v) is 2.19. The summed E-state index contributed by atoms with van der Waals surface area (Å²) in [6.07, 6.45) is 1.47. The van der Waals surface area contributed by atoms with Gasteiger partial charge in [-0.05, 0) is 46.8 Å². The summed E-state index contributed by atoms with van der Waals surface area (Å²) in [5.41, 5.74) is 1.40. The van der Waals surface area contributed by atoms with Crippen molar-refractivity contribution in [3.63, 3.8) is 0 Å². The van der Waals surface area contributed by atoms with Crippen molar-refractivity contribution in [3.05, 3.63) is 60.4 Å². The van der Waals surface area contributed by atoms with Crippen molar-refractivity contribution in [3.8, 4) is 11.4 Å². The Kier molecular flexibility index (Phi) is 5.18. The molecule has 0 radical (unpaired) electrons. The summed E-state index contributed by atoms with van der Waals surface area (Å²) >= 11 is 0. The number of amides is 1. The monoisotopic (exact) mass is 353 g/mol. The zero-order chi connectivity index (χ0) is 18.4. The number of benzene rings is 2. The van der Waals surface area contributed by atoms with Gasteiger partial charge in [0.2, 0.25) is 0 Å². The highest BCUT2D eigenvalue weighted by Gasteiger charge is 2.13. The molecule has 9 heteroatoms. The molecule has 0 saturated carbocycles. The Morgan fingerprint density at radius 2 is 1.88 bits per heavy atom. The summed E-state index contributed by atoms with van der Waals surface area (Å²) in [7, 11) is 1.28. The molecule has 9 nitrogen and oxygen atoms in total. The van der Waals surface area contributed by atoms with Gasteiger partial charge >= 0.3 is 5.97 Å². The lowest BCUT2D eigenvalue weighted by atomic mass is 10.2. The van der Waals surface area contributed by atoms with Crippen LogP contribution in [0.1, 0.15) is 10.4 Å². The number of methoxy groups -OCH3 is 1. The van der Waals surface area contributed by atoms with Gasteiger partial charge in [-0.2, -0.15) is 0 Å². The van der Waals surface area contributed by atoms with E-state index >= 15 is 0 Å². The largest absolute Gasteiger partial charge is 0.484 e. The lowest BCUT2D eigenvalue weighted by molar-refractivity contribution is -0.118. The minimum atomic E-state index is -0.528. The first kappa shape index (κ1) is 17.1. The lowest BCUT2D eigenvalue weighted by Crippen LogP contribution is -2.21. The summed E-state index contributed by atoms with van der Waals surface area (Å²) in [5, 5.41) is 13.5. The Balaban J connectivity index is 1.59. The minimum Gasteiger partial charge on any atom is -0.484 e. The number of para-hydroxylation sites is 1. The molecule has 0 aliphatic rings. The fraction of sp³-hybridized carbons (Fsp3) is 0.118. The maximum absolute atomic E-state index is 12.1. The number of anilines is 1. The second kappa shape index (κ2) is 7.88. The van der Waals surface area contributed by atoms with Crippen LogP contribution in [0, 0.1) is 0 Å². The molecule has 1 aromatic heterocycles. The van der Waals surface area contributed by atoms with Crippen LogP contribution < -0.4 is 10.1 Å². The van der Waals surface area contributed by atoms with E-state index in [0.717, 1.165) is 5.69 Å². The molecule has 1 heterocycles. The molecule has 0 unspecified atom stereocenters. The predicted molar refractivity (Wildman–Crippen MR) is 91.1 cm³/mol. The number of rotatable bonds is 6. The van der Waals surface area contributed by atoms with Gasteiger partial charge < -0.3 is 14.8 Å². The van der Waals surface area contributed by atoms with Crippen molar-refractivity contribution in [2.75, 3.05) is 19.0 Å². The summed E-state index contributed by atoms with van der Waals surface area (Å²) in [6.45, 7) is -0.209. The number of hydrogen-bond donors (Lipinski definition) is 1. The molecule has 1 N–H and O–H groups in total. The number of carbonyl (C=O) groups is 2. The Bertz CT molecular complexity index is 894. The first-order chi connectivity index (χ1) is 12.7. The highest BCUT2D eigenvalue weighted by atomic mass is 16.5. The van der Waals surface area contributed by atoms with Crippen molar-refractivity contribution in [2.45, 2.75) is 0 Å². The molecule has 0 saturated heterocycles. The third-order valence-electron chi connectivity index (χ3n) is 3.43. The van der Waals surface area contributed by atoms with E-state index in [1.165, 1.54) is 18.1 Å². The number of tetrazole rings is 1. The first-order valence-electron chi connectivity index (χ1n) is 7.61. The van der Waals surface area contributed by atoms with E-state index in [1.54, 1.807) is 48.5 Å². The predicted octanol–water partition coefficient (Wildman–Crippen LogP) is 1.47. The smallest absolute Gasteiger partial charge is 0.339 e. The summed E-state index contributed by atoms with van der Waals surface area (Å²) in [4.78, 5) is 23.8. The maximum atomic E-state index is 12.1. The maximum Gasteiger partial charge on any atom is 0.339 e. The molecular weight excluding hydrogens is 338 g/mol. The molecule has 0 bridgehead atoms. The molecule has 0 atom stereocenters. The van der Waals surface area contributed by atoms with Crippen molar-refractivity contribution >= 4 is 17.6 Å². The van der Waals surface area contributed by atoms with Crippen LogP contribution in [0.4, 0.5) is 5.69 Å². The topological polar surface area (TPSA) is 108 Å². The molecule has 2 aromatic carbocycles. The van der Waals surface area contributed by atoms with E-state index in [1.807, 2.05) is 0 Å². The molecule has 3 aromatic rings. The van der Waals surface area contributed by atoms with Crippen LogP contribution in [-0.4, -0.2) is 45.8 Å². The molecular formula is C17H15N5O4. The van der Waals surface area contributed by atoms with Crippen molar-refractivity contribution in [1.82, 2.24) is 20.2 Å². The SMILES string of the molecule is COC(=O)c1ccccc1NC(=O)COc1ccc(-n2cnnn2)cc1. The normalized spacial score (nSPS) is 10.2. The van der Waals surface area contributed by atoms with E-state index in [9.17, 15) is 9.59 Å². The van der Waals surface area contributed by atoms with Crippen molar-refractivity contribution < 1.29 is 19.1 Å². The Labute approximate surface area is 148 Å². The van der Waals surface area contributed by atoms with E-state index in [4.69, 9.17) is 9.47 Å². The quantitative estimate of drug-likeness (QED) is 0.668. The molecule has 132 valence electrons. The highest BCUT2D eigenvalue weighted by molar-refractivity contribution is 6.01. The Morgan fingerprint density at radius 3 is 2.58 bits per heavy atom. The van der Waals surface area contributed by atoms with Gasteiger partial charge in [-0.15, -0.1) is 5.10 Å². The molecule has 3 rings (SSSR count). The number of aromatic nitrogens is 4. The van der Waals surface area contributed by atoms with Crippen LogP contribution in [0.2, 0.25) is 0 Å². The van der Waals surface area contributed by atoms with Gasteiger partial charge in [-0.25, -0.2) is 9.48 Å². The van der Waals surface area contributed by atoms with Crippen molar-refractivity contribution in [1.29, 1.82) is 0 Å². The summed E-state index contributed by atoms with van der Waals surface area (Å²) in [5.74, 6) is -0.413. The number of carbonyl (C=O) groups excluding carboxylic acids is 2. The highest BCUT2D eigenvalue weighted by Crippen LogP contribution is 2.17. The van der Waals surface area contributed by atoms with Gasteiger partial charge in [-0.1, -0.05) is 12.1 Å². The fourth-order valence-electron chi connectivity index (χ4n) is 2.19. The van der Waals surface area contributed by atoms with Crippen LogP contribution in [0.5, 0.6) is 5.75 Å². The second-order valence-corrected chi connectivity index (χ2v) is 5.12. The van der Waals surface area contributed by atoms with Crippen LogP contribution in [-0.2, 0) is 9.53 Å². The van der Waals surface area contributed by atoms with E-state index in [0.29, 0.717) is 11.4 Å². The zero-order valence-electron chi connectivity index (χ0n) is 13.8. The summed E-state index contributed by atoms with van der Waals surface area (Å²) < 4.78 is 11.6. The second-order valence-electron chi connectivity index (χ2n) is 5.12. The third-order valence-corrected chi connectivity index (χ3v) is 3.43. The Morgan fingerprint density at radius 1 is 1.12 bits per heavy atom. The van der Waals surface area contributed by atoms with E-state index in [2.05, 4.69) is 20.8 Å². The van der Waals surface area contributed by atoms with Gasteiger partial charge in [-0.3, -0.25) is 4.79 Å². The van der Waals surface area contributed by atoms with Crippen LogP contribution in [0.3, 0.4) is 0 Å². The number of esters is 1. The number of ether oxygens (including phenoxy) is 2. The number of hydrogen-bond acceptors (Lipinski definition) is 7. The van der Waals surface area contributed by atoms with Crippen LogP contribution in [0.15, 0.2) is 54.9 Å². The molecule has 0 aliphatic carbocycles. The van der Waals surface area contributed by atoms with Gasteiger partial charge in [0.15, 0.2) is 6.61 Å². The zero-order valence-corrected chi connectivity index (χ0v) is 13.8. The third kappa shape index (κ3) is 4.01. The molecule has 0 aliphatic heterocycles. The number of nitrogens with zero attached hydrogens (tertiary/aromatic N) is 4. The summed E-state index contributed by atoms with van der Waals surface area (Å²) in [6, 6.07) is 13.5. The minimum absolute atomic E-state index is 0.209. The number of nitrogens with one attached hydrogen (secondary N) is 1. The van der Waals surface area contributed by atoms with Gasteiger partial charge in [0.05, 0.1) is 24.0 Å². The van der Waals surface area contributed by atoms with Crippen LogP contribution in [0.25, 0.3) is 5.69 Å². The average molecular weight is 353 g/mol. The average Bonchev–Trinajstić information content (AvgIpc) is 3.21. The Hall–Kier alpha value is -3.75. The van der Waals surface area contributed by atoms with Gasteiger partial charge in [0.25, 0.3) is 5.91 Å². The molecule has 1 amide bonds. The molecule has 26 heavy (non-hydrogen) atoms. The van der Waals surface area contributed by atoms with E-state index < -0.39 is 11.9 Å². The molecule has 0 fully saturated rings. The first-order valence-corrected chi connectivity index (χ1v) is 7.61. The van der Waals surface area contributed by atoms with Crippen molar-refractivity contribution in [2.24, 2.45) is 0 Å². The van der Waals surface area contributed by atoms with E-state index in [-0.39, 0.29) is 12.2 Å².